The molecule has 0 bridgehead atoms. The summed E-state index contributed by atoms with van der Waals surface area (Å²) in [6.07, 6.45) is 5.61. The minimum atomic E-state index is -3.68. The van der Waals surface area contributed by atoms with Gasteiger partial charge < -0.3 is 0 Å². The molecular formula is C17H15ClN4O2S. The van der Waals surface area contributed by atoms with Crippen LogP contribution in [0.4, 0.5) is 0 Å². The fraction of sp³-hybridized carbons (Fsp3) is 0.176. The highest BCUT2D eigenvalue weighted by Crippen LogP contribution is 2.37. The zero-order valence-corrected chi connectivity index (χ0v) is 14.7. The first kappa shape index (κ1) is 16.3. The van der Waals surface area contributed by atoms with Crippen LogP contribution in [0.25, 0.3) is 0 Å². The second kappa shape index (κ2) is 6.25. The Morgan fingerprint density at radius 1 is 1.12 bits per heavy atom. The van der Waals surface area contributed by atoms with E-state index in [0.717, 1.165) is 16.8 Å². The number of halogens is 1. The van der Waals surface area contributed by atoms with Crippen molar-refractivity contribution < 1.29 is 8.42 Å². The number of rotatable bonds is 3. The number of aromatic amines is 1. The largest absolute Gasteiger partial charge is 0.282 e. The molecule has 6 nitrogen and oxygen atoms in total. The van der Waals surface area contributed by atoms with E-state index in [2.05, 4.69) is 15.2 Å². The number of pyridine rings is 1. The molecule has 0 radical (unpaired) electrons. The third kappa shape index (κ3) is 2.84. The lowest BCUT2D eigenvalue weighted by Crippen LogP contribution is -2.40. The van der Waals surface area contributed by atoms with Gasteiger partial charge in [-0.05, 0) is 42.0 Å². The smallest absolute Gasteiger partial charge is 0.243 e. The van der Waals surface area contributed by atoms with Crippen molar-refractivity contribution in [2.75, 3.05) is 6.54 Å². The number of aromatic nitrogens is 3. The van der Waals surface area contributed by atoms with Gasteiger partial charge in [0.2, 0.25) is 10.0 Å². The van der Waals surface area contributed by atoms with Crippen molar-refractivity contribution in [3.63, 3.8) is 0 Å². The lowest BCUT2D eigenvalue weighted by atomic mass is 9.96. The lowest BCUT2D eigenvalue weighted by Gasteiger charge is -2.34. The van der Waals surface area contributed by atoms with E-state index in [1.807, 2.05) is 12.1 Å². The molecule has 0 saturated carbocycles. The Hall–Kier alpha value is -2.22. The maximum atomic E-state index is 13.3. The van der Waals surface area contributed by atoms with E-state index >= 15 is 0 Å². The van der Waals surface area contributed by atoms with Crippen LogP contribution in [0.2, 0.25) is 5.02 Å². The van der Waals surface area contributed by atoms with Gasteiger partial charge >= 0.3 is 0 Å². The molecule has 1 N–H and O–H groups in total. The normalized spacial score (nSPS) is 18.0. The molecule has 0 fully saturated rings. The van der Waals surface area contributed by atoms with Gasteiger partial charge in [-0.25, -0.2) is 8.42 Å². The van der Waals surface area contributed by atoms with Gasteiger partial charge in [-0.2, -0.15) is 9.40 Å². The summed E-state index contributed by atoms with van der Waals surface area (Å²) in [5, 5.41) is 7.57. The van der Waals surface area contributed by atoms with Crippen LogP contribution in [-0.2, 0) is 16.4 Å². The van der Waals surface area contributed by atoms with Crippen LogP contribution < -0.4 is 0 Å². The maximum absolute atomic E-state index is 13.3. The van der Waals surface area contributed by atoms with Gasteiger partial charge in [-0.15, -0.1) is 0 Å². The van der Waals surface area contributed by atoms with Crippen LogP contribution in [0.5, 0.6) is 0 Å². The summed E-state index contributed by atoms with van der Waals surface area (Å²) >= 11 is 5.90. The highest BCUT2D eigenvalue weighted by Gasteiger charge is 2.38. The Balaban J connectivity index is 1.84. The molecule has 0 aliphatic carbocycles. The lowest BCUT2D eigenvalue weighted by molar-refractivity contribution is 0.343. The van der Waals surface area contributed by atoms with Crippen molar-refractivity contribution in [3.8, 4) is 0 Å². The van der Waals surface area contributed by atoms with Crippen LogP contribution in [0.15, 0.2) is 59.9 Å². The second-order valence-electron chi connectivity index (χ2n) is 5.81. The van der Waals surface area contributed by atoms with Gasteiger partial charge in [0, 0.05) is 41.6 Å². The molecule has 0 saturated heterocycles. The maximum Gasteiger partial charge on any atom is 0.243 e. The summed E-state index contributed by atoms with van der Waals surface area (Å²) < 4.78 is 28.0. The van der Waals surface area contributed by atoms with Gasteiger partial charge in [0.05, 0.1) is 17.1 Å². The van der Waals surface area contributed by atoms with Crippen LogP contribution >= 0.6 is 11.6 Å². The zero-order chi connectivity index (χ0) is 17.4. The quantitative estimate of drug-likeness (QED) is 0.764. The molecule has 8 heteroatoms. The van der Waals surface area contributed by atoms with Crippen molar-refractivity contribution in [3.05, 3.63) is 76.8 Å². The molecule has 0 spiro atoms. The van der Waals surface area contributed by atoms with E-state index in [-0.39, 0.29) is 4.90 Å². The van der Waals surface area contributed by atoms with Crippen LogP contribution in [0.3, 0.4) is 0 Å². The van der Waals surface area contributed by atoms with Gasteiger partial charge in [0.15, 0.2) is 0 Å². The highest BCUT2D eigenvalue weighted by molar-refractivity contribution is 7.89. The van der Waals surface area contributed by atoms with E-state index < -0.39 is 16.1 Å². The van der Waals surface area contributed by atoms with Crippen LogP contribution in [-0.4, -0.2) is 34.4 Å². The minimum Gasteiger partial charge on any atom is -0.282 e. The summed E-state index contributed by atoms with van der Waals surface area (Å²) in [5.41, 5.74) is 2.69. The summed E-state index contributed by atoms with van der Waals surface area (Å²) in [6, 6.07) is 9.46. The predicted octanol–water partition coefficient (Wildman–Crippen LogP) is 2.79. The SMILES string of the molecule is O=S(=O)(c1ccc(Cl)cc1)N1CCc2[nH]ncc2C1c1ccncc1. The number of hydrogen-bond acceptors (Lipinski definition) is 4. The monoisotopic (exact) mass is 374 g/mol. The second-order valence-corrected chi connectivity index (χ2v) is 8.13. The number of hydrogen-bond donors (Lipinski definition) is 1. The van der Waals surface area contributed by atoms with Gasteiger partial charge in [0.25, 0.3) is 0 Å². The van der Waals surface area contributed by atoms with Crippen LogP contribution in [0.1, 0.15) is 22.9 Å². The fourth-order valence-corrected chi connectivity index (χ4v) is 4.88. The number of fused-ring (bicyclic) bond motifs is 1. The Bertz CT molecular complexity index is 987. The topological polar surface area (TPSA) is 79.0 Å². The number of sulfonamides is 1. The molecule has 1 aromatic carbocycles. The molecule has 1 aliphatic rings. The first-order chi connectivity index (χ1) is 12.1. The van der Waals surface area contributed by atoms with Crippen LogP contribution in [0, 0.1) is 0 Å². The third-order valence-corrected chi connectivity index (χ3v) is 6.49. The highest BCUT2D eigenvalue weighted by atomic mass is 35.5. The Labute approximate surface area is 150 Å². The van der Waals surface area contributed by atoms with Crippen molar-refractivity contribution in [2.24, 2.45) is 0 Å². The molecular weight excluding hydrogens is 360 g/mol. The molecule has 128 valence electrons. The van der Waals surface area contributed by atoms with E-state index in [4.69, 9.17) is 11.6 Å². The predicted molar refractivity (Wildman–Crippen MR) is 93.7 cm³/mol. The van der Waals surface area contributed by atoms with E-state index in [9.17, 15) is 8.42 Å². The molecule has 3 aromatic rings. The summed E-state index contributed by atoms with van der Waals surface area (Å²) in [5.74, 6) is 0. The standard InChI is InChI=1S/C17H15ClN4O2S/c18-13-1-3-14(4-2-13)25(23,24)22-10-7-16-15(11-20-21-16)17(22)12-5-8-19-9-6-12/h1-6,8-9,11,17H,7,10H2,(H,20,21). The first-order valence-corrected chi connectivity index (χ1v) is 9.58. The van der Waals surface area contributed by atoms with Crippen molar-refractivity contribution >= 4 is 21.6 Å². The number of nitrogens with zero attached hydrogens (tertiary/aromatic N) is 3. The molecule has 1 aliphatic heterocycles. The molecule has 1 unspecified atom stereocenters. The third-order valence-electron chi connectivity index (χ3n) is 4.36. The number of benzene rings is 1. The zero-order valence-electron chi connectivity index (χ0n) is 13.1. The molecule has 25 heavy (non-hydrogen) atoms. The van der Waals surface area contributed by atoms with Crippen molar-refractivity contribution in [2.45, 2.75) is 17.4 Å². The summed E-state index contributed by atoms with van der Waals surface area (Å²) in [7, 11) is -3.68. The average molecular weight is 375 g/mol. The molecule has 4 rings (SSSR count). The Kier molecular flexibility index (Phi) is 4.07. The molecule has 3 heterocycles. The van der Waals surface area contributed by atoms with E-state index in [0.29, 0.717) is 18.0 Å². The fourth-order valence-electron chi connectivity index (χ4n) is 3.16. The summed E-state index contributed by atoms with van der Waals surface area (Å²) in [4.78, 5) is 4.26. The molecule has 2 aromatic heterocycles. The Morgan fingerprint density at radius 2 is 1.84 bits per heavy atom. The summed E-state index contributed by atoms with van der Waals surface area (Å²) in [6.45, 7) is 0.368. The van der Waals surface area contributed by atoms with E-state index in [1.54, 1.807) is 30.7 Å². The number of H-pyrrole nitrogens is 1. The average Bonchev–Trinajstić information content (AvgIpc) is 3.10. The minimum absolute atomic E-state index is 0.225. The van der Waals surface area contributed by atoms with E-state index in [1.165, 1.54) is 16.4 Å². The number of nitrogens with one attached hydrogen (secondary N) is 1. The Morgan fingerprint density at radius 3 is 2.56 bits per heavy atom. The molecule has 0 amide bonds. The van der Waals surface area contributed by atoms with Gasteiger partial charge in [-0.3, -0.25) is 10.1 Å². The first-order valence-electron chi connectivity index (χ1n) is 7.77. The van der Waals surface area contributed by atoms with Gasteiger partial charge in [0.1, 0.15) is 0 Å². The van der Waals surface area contributed by atoms with Crippen molar-refractivity contribution in [1.82, 2.24) is 19.5 Å². The van der Waals surface area contributed by atoms with Gasteiger partial charge in [-0.1, -0.05) is 11.6 Å². The molecule has 1 atom stereocenters. The van der Waals surface area contributed by atoms with Crippen molar-refractivity contribution in [1.29, 1.82) is 0 Å².